The predicted molar refractivity (Wildman–Crippen MR) is 83.6 cm³/mol. The zero-order chi connectivity index (χ0) is 16.7. The summed E-state index contributed by atoms with van der Waals surface area (Å²) in [6.45, 7) is 4.50. The lowest BCUT2D eigenvalue weighted by atomic mass is 9.79. The van der Waals surface area contributed by atoms with Gasteiger partial charge in [-0.15, -0.1) is 0 Å². The van der Waals surface area contributed by atoms with Crippen molar-refractivity contribution >= 4 is 5.91 Å². The van der Waals surface area contributed by atoms with Crippen LogP contribution in [-0.4, -0.2) is 52.4 Å². The highest BCUT2D eigenvalue weighted by Crippen LogP contribution is 2.46. The number of nitrogens with one attached hydrogen (secondary N) is 1. The molecule has 0 aromatic rings. The number of ether oxygens (including phenoxy) is 2. The Morgan fingerprint density at radius 2 is 1.91 bits per heavy atom. The topological polar surface area (TPSA) is 88.0 Å². The van der Waals surface area contributed by atoms with E-state index in [-0.39, 0.29) is 12.8 Å². The molecule has 1 heterocycles. The van der Waals surface area contributed by atoms with Crippen LogP contribution in [0.25, 0.3) is 0 Å². The number of carbonyl (C=O) groups is 1. The minimum absolute atomic E-state index is 0.00245. The largest absolute Gasteiger partial charge is 0.390 e. The van der Waals surface area contributed by atoms with Gasteiger partial charge in [-0.1, -0.05) is 20.3 Å². The zero-order valence-corrected chi connectivity index (χ0v) is 14.1. The first-order valence-electron chi connectivity index (χ1n) is 8.88. The van der Waals surface area contributed by atoms with Crippen molar-refractivity contribution in [3.8, 4) is 0 Å². The SMILES string of the molecule is CC(C)CNC(=O)[C@@]1(O)C[C@@H](O)[C@@H]2OC3(CCCCC3)O[C@@H]2C1. The number of rotatable bonds is 3. The van der Waals surface area contributed by atoms with E-state index >= 15 is 0 Å². The molecular formula is C17H29NO5. The highest BCUT2D eigenvalue weighted by atomic mass is 16.8. The predicted octanol–water partition coefficient (Wildman–Crippen LogP) is 1.09. The van der Waals surface area contributed by atoms with Crippen molar-refractivity contribution in [3.05, 3.63) is 0 Å². The molecule has 0 aromatic carbocycles. The van der Waals surface area contributed by atoms with Gasteiger partial charge in [0.15, 0.2) is 5.79 Å². The van der Waals surface area contributed by atoms with E-state index < -0.39 is 35.6 Å². The number of hydrogen-bond donors (Lipinski definition) is 3. The molecule has 1 saturated heterocycles. The molecule has 1 aliphatic heterocycles. The normalized spacial score (nSPS) is 39.4. The van der Waals surface area contributed by atoms with E-state index in [2.05, 4.69) is 5.32 Å². The first kappa shape index (κ1) is 17.1. The highest BCUT2D eigenvalue weighted by Gasteiger charge is 2.58. The fourth-order valence-corrected chi connectivity index (χ4v) is 4.03. The average molecular weight is 327 g/mol. The van der Waals surface area contributed by atoms with E-state index in [1.807, 2.05) is 13.8 Å². The number of fused-ring (bicyclic) bond motifs is 1. The first-order valence-corrected chi connectivity index (χ1v) is 8.88. The third-order valence-electron chi connectivity index (χ3n) is 5.26. The Labute approximate surface area is 137 Å². The maximum absolute atomic E-state index is 12.4. The minimum Gasteiger partial charge on any atom is -0.390 e. The van der Waals surface area contributed by atoms with Gasteiger partial charge >= 0.3 is 0 Å². The minimum atomic E-state index is -1.58. The van der Waals surface area contributed by atoms with Gasteiger partial charge < -0.3 is 25.0 Å². The first-order chi connectivity index (χ1) is 10.8. The summed E-state index contributed by atoms with van der Waals surface area (Å²) in [4.78, 5) is 12.4. The second-order valence-corrected chi connectivity index (χ2v) is 7.82. The van der Waals surface area contributed by atoms with Crippen LogP contribution < -0.4 is 5.32 Å². The number of carbonyl (C=O) groups excluding carboxylic acids is 1. The molecule has 4 atom stereocenters. The molecule has 1 amide bonds. The molecule has 0 aromatic heterocycles. The van der Waals surface area contributed by atoms with Gasteiger partial charge in [0.2, 0.25) is 0 Å². The highest BCUT2D eigenvalue weighted by molar-refractivity contribution is 5.85. The van der Waals surface area contributed by atoms with Crippen molar-refractivity contribution in [2.75, 3.05) is 6.54 Å². The summed E-state index contributed by atoms with van der Waals surface area (Å²) < 4.78 is 12.2. The third-order valence-corrected chi connectivity index (χ3v) is 5.26. The van der Waals surface area contributed by atoms with Crippen molar-refractivity contribution in [3.63, 3.8) is 0 Å². The number of amides is 1. The summed E-state index contributed by atoms with van der Waals surface area (Å²) in [7, 11) is 0. The van der Waals surface area contributed by atoms with Crippen molar-refractivity contribution in [2.45, 2.75) is 88.5 Å². The molecule has 3 fully saturated rings. The number of aliphatic hydroxyl groups is 2. The molecule has 3 rings (SSSR count). The van der Waals surface area contributed by atoms with Crippen molar-refractivity contribution < 1.29 is 24.5 Å². The molecule has 23 heavy (non-hydrogen) atoms. The maximum Gasteiger partial charge on any atom is 0.252 e. The maximum atomic E-state index is 12.4. The van der Waals surface area contributed by atoms with E-state index in [1.54, 1.807) is 0 Å². The van der Waals surface area contributed by atoms with Crippen molar-refractivity contribution in [2.24, 2.45) is 5.92 Å². The summed E-state index contributed by atoms with van der Waals surface area (Å²) in [5.74, 6) is -0.730. The molecule has 6 nitrogen and oxygen atoms in total. The van der Waals surface area contributed by atoms with Gasteiger partial charge in [0.1, 0.15) is 11.7 Å². The van der Waals surface area contributed by atoms with Gasteiger partial charge in [0, 0.05) is 32.2 Å². The van der Waals surface area contributed by atoms with E-state index in [1.165, 1.54) is 6.42 Å². The standard InChI is InChI=1S/C17H29NO5/c1-11(2)10-18-15(20)16(21)8-12(19)14-13(9-16)22-17(23-14)6-4-3-5-7-17/h11-14,19,21H,3-10H2,1-2H3,(H,18,20)/t12-,13-,14+,16-/m1/s1. The van der Waals surface area contributed by atoms with Gasteiger partial charge in [-0.3, -0.25) is 4.79 Å². The number of hydrogen-bond acceptors (Lipinski definition) is 5. The number of aliphatic hydroxyl groups excluding tert-OH is 1. The van der Waals surface area contributed by atoms with E-state index in [0.29, 0.717) is 12.5 Å². The Bertz CT molecular complexity index is 448. The van der Waals surface area contributed by atoms with Crippen LogP contribution in [-0.2, 0) is 14.3 Å². The van der Waals surface area contributed by atoms with Crippen LogP contribution in [0.15, 0.2) is 0 Å². The van der Waals surface area contributed by atoms with E-state index in [4.69, 9.17) is 9.47 Å². The molecule has 2 saturated carbocycles. The van der Waals surface area contributed by atoms with Crippen LogP contribution in [0.5, 0.6) is 0 Å². The summed E-state index contributed by atoms with van der Waals surface area (Å²) >= 11 is 0. The van der Waals surface area contributed by atoms with Gasteiger partial charge in [-0.2, -0.15) is 0 Å². The van der Waals surface area contributed by atoms with Gasteiger partial charge in [0.05, 0.1) is 12.2 Å². The molecule has 0 bridgehead atoms. The van der Waals surface area contributed by atoms with Gasteiger partial charge in [-0.05, 0) is 18.8 Å². The van der Waals surface area contributed by atoms with Crippen LogP contribution in [0.4, 0.5) is 0 Å². The summed E-state index contributed by atoms with van der Waals surface area (Å²) in [6.07, 6.45) is 3.35. The van der Waals surface area contributed by atoms with E-state index in [9.17, 15) is 15.0 Å². The second-order valence-electron chi connectivity index (χ2n) is 7.82. The Kier molecular flexibility index (Phi) is 4.71. The Morgan fingerprint density at radius 3 is 2.57 bits per heavy atom. The van der Waals surface area contributed by atoms with Gasteiger partial charge in [-0.25, -0.2) is 0 Å². The molecule has 1 spiro atoms. The lowest BCUT2D eigenvalue weighted by molar-refractivity contribution is -0.198. The lowest BCUT2D eigenvalue weighted by Gasteiger charge is -2.38. The molecule has 132 valence electrons. The quantitative estimate of drug-likeness (QED) is 0.722. The van der Waals surface area contributed by atoms with E-state index in [0.717, 1.165) is 25.7 Å². The van der Waals surface area contributed by atoms with Crippen LogP contribution >= 0.6 is 0 Å². The molecular weight excluding hydrogens is 298 g/mol. The molecule has 3 N–H and O–H groups in total. The molecule has 0 unspecified atom stereocenters. The summed E-state index contributed by atoms with van der Waals surface area (Å²) in [5, 5.41) is 23.9. The van der Waals surface area contributed by atoms with Crippen molar-refractivity contribution in [1.29, 1.82) is 0 Å². The summed E-state index contributed by atoms with van der Waals surface area (Å²) in [5.41, 5.74) is -1.58. The fourth-order valence-electron chi connectivity index (χ4n) is 4.03. The molecule has 3 aliphatic rings. The summed E-state index contributed by atoms with van der Waals surface area (Å²) in [6, 6.07) is 0. The van der Waals surface area contributed by atoms with Crippen LogP contribution in [0.3, 0.4) is 0 Å². The molecule has 0 radical (unpaired) electrons. The molecule has 6 heteroatoms. The Balaban J connectivity index is 1.68. The second kappa shape index (κ2) is 6.31. The lowest BCUT2D eigenvalue weighted by Crippen LogP contribution is -2.58. The average Bonchev–Trinajstić information content (AvgIpc) is 2.83. The molecule has 2 aliphatic carbocycles. The smallest absolute Gasteiger partial charge is 0.252 e. The zero-order valence-electron chi connectivity index (χ0n) is 14.1. The van der Waals surface area contributed by atoms with Crippen LogP contribution in [0.1, 0.15) is 58.8 Å². The van der Waals surface area contributed by atoms with Crippen molar-refractivity contribution in [1.82, 2.24) is 5.32 Å². The monoisotopic (exact) mass is 327 g/mol. The Morgan fingerprint density at radius 1 is 1.22 bits per heavy atom. The third kappa shape index (κ3) is 3.40. The Hall–Kier alpha value is -0.690. The van der Waals surface area contributed by atoms with Crippen LogP contribution in [0.2, 0.25) is 0 Å². The fraction of sp³-hybridized carbons (Fsp3) is 0.941. The van der Waals surface area contributed by atoms with Crippen LogP contribution in [0, 0.1) is 5.92 Å². The van der Waals surface area contributed by atoms with Gasteiger partial charge in [0.25, 0.3) is 5.91 Å².